The smallest absolute Gasteiger partial charge is 0.387 e. The summed E-state index contributed by atoms with van der Waals surface area (Å²) in [5, 5.41) is 0. The molecule has 0 unspecified atom stereocenters. The van der Waals surface area contributed by atoms with Crippen LogP contribution in [0.5, 0.6) is 23.1 Å². The summed E-state index contributed by atoms with van der Waals surface area (Å²) in [4.78, 5) is 17.1. The molecular formula is C23H20F2N4O4. The molecule has 0 aliphatic heterocycles. The third-order valence-electron chi connectivity index (χ3n) is 4.75. The van der Waals surface area contributed by atoms with Crippen molar-refractivity contribution in [3.05, 3.63) is 71.9 Å². The Bertz CT molecular complexity index is 1240. The van der Waals surface area contributed by atoms with Crippen LogP contribution < -0.4 is 18.9 Å². The van der Waals surface area contributed by atoms with E-state index in [0.717, 1.165) is 5.56 Å². The van der Waals surface area contributed by atoms with E-state index >= 15 is 0 Å². The van der Waals surface area contributed by atoms with E-state index in [2.05, 4.69) is 24.7 Å². The third kappa shape index (κ3) is 5.40. The highest BCUT2D eigenvalue weighted by Crippen LogP contribution is 2.30. The standard InChI is InChI=1S/C23H20F2N4O4/c1-30-17-4-3-16(27-11-17)13-32-22-20(33-23(24)25)8-14(10-29-22)7-15-5-6-26-19-9-18(31-2)12-28-21(15)19/h3-6,8-12,23H,7,13H2,1-2H3. The summed E-state index contributed by atoms with van der Waals surface area (Å²) in [6.45, 7) is -3.00. The van der Waals surface area contributed by atoms with Crippen LogP contribution in [0.2, 0.25) is 0 Å². The molecule has 4 aromatic rings. The maximum absolute atomic E-state index is 13.0. The van der Waals surface area contributed by atoms with E-state index in [9.17, 15) is 8.78 Å². The molecule has 33 heavy (non-hydrogen) atoms. The van der Waals surface area contributed by atoms with Gasteiger partial charge in [-0.3, -0.25) is 15.0 Å². The number of alkyl halides is 2. The summed E-state index contributed by atoms with van der Waals surface area (Å²) < 4.78 is 46.5. The topological polar surface area (TPSA) is 88.5 Å². The third-order valence-corrected chi connectivity index (χ3v) is 4.75. The Hall–Kier alpha value is -4.08. The Morgan fingerprint density at radius 2 is 1.70 bits per heavy atom. The van der Waals surface area contributed by atoms with E-state index in [4.69, 9.17) is 14.2 Å². The first kappa shape index (κ1) is 22.1. The molecule has 0 aromatic carbocycles. The molecule has 0 aliphatic carbocycles. The number of aromatic nitrogens is 4. The van der Waals surface area contributed by atoms with Crippen LogP contribution >= 0.6 is 0 Å². The molecule has 10 heteroatoms. The Morgan fingerprint density at radius 3 is 2.42 bits per heavy atom. The highest BCUT2D eigenvalue weighted by atomic mass is 19.3. The minimum Gasteiger partial charge on any atom is -0.495 e. The van der Waals surface area contributed by atoms with Crippen molar-refractivity contribution >= 4 is 11.0 Å². The van der Waals surface area contributed by atoms with E-state index in [0.29, 0.717) is 40.2 Å². The van der Waals surface area contributed by atoms with Gasteiger partial charge in [-0.1, -0.05) is 0 Å². The molecule has 0 spiro atoms. The van der Waals surface area contributed by atoms with Crippen molar-refractivity contribution in [2.45, 2.75) is 19.6 Å². The molecule has 4 rings (SSSR count). The van der Waals surface area contributed by atoms with Gasteiger partial charge in [-0.25, -0.2) is 4.98 Å². The Labute approximate surface area is 188 Å². The Morgan fingerprint density at radius 1 is 0.879 bits per heavy atom. The van der Waals surface area contributed by atoms with Crippen molar-refractivity contribution in [1.29, 1.82) is 0 Å². The average molecular weight is 454 g/mol. The van der Waals surface area contributed by atoms with Crippen LogP contribution in [0.4, 0.5) is 8.78 Å². The fourth-order valence-electron chi connectivity index (χ4n) is 3.16. The molecule has 0 radical (unpaired) electrons. The second-order valence-electron chi connectivity index (χ2n) is 6.89. The first-order valence-corrected chi connectivity index (χ1v) is 9.89. The van der Waals surface area contributed by atoms with E-state index in [1.165, 1.54) is 19.4 Å². The number of halogens is 2. The maximum Gasteiger partial charge on any atom is 0.387 e. The zero-order valence-corrected chi connectivity index (χ0v) is 17.9. The molecule has 0 fully saturated rings. The van der Waals surface area contributed by atoms with Crippen LogP contribution in [0.3, 0.4) is 0 Å². The lowest BCUT2D eigenvalue weighted by Crippen LogP contribution is -2.07. The Kier molecular flexibility index (Phi) is 6.72. The van der Waals surface area contributed by atoms with Gasteiger partial charge in [-0.2, -0.15) is 8.78 Å². The number of rotatable bonds is 9. The van der Waals surface area contributed by atoms with Crippen molar-refractivity contribution in [2.24, 2.45) is 0 Å². The molecule has 4 aromatic heterocycles. The van der Waals surface area contributed by atoms with Crippen LogP contribution in [-0.2, 0) is 13.0 Å². The van der Waals surface area contributed by atoms with Gasteiger partial charge in [0.15, 0.2) is 5.75 Å². The normalized spacial score (nSPS) is 10.9. The number of hydrogen-bond donors (Lipinski definition) is 0. The summed E-state index contributed by atoms with van der Waals surface area (Å²) >= 11 is 0. The molecule has 0 bridgehead atoms. The van der Waals surface area contributed by atoms with Gasteiger partial charge in [0.25, 0.3) is 5.88 Å². The van der Waals surface area contributed by atoms with Crippen LogP contribution in [0.15, 0.2) is 55.1 Å². The first-order chi connectivity index (χ1) is 16.1. The molecule has 0 atom stereocenters. The van der Waals surface area contributed by atoms with Gasteiger partial charge in [-0.15, -0.1) is 0 Å². The summed E-state index contributed by atoms with van der Waals surface area (Å²) in [5.74, 6) is 0.969. The monoisotopic (exact) mass is 454 g/mol. The molecule has 0 saturated carbocycles. The van der Waals surface area contributed by atoms with Gasteiger partial charge in [0, 0.05) is 24.9 Å². The number of ether oxygens (including phenoxy) is 4. The predicted molar refractivity (Wildman–Crippen MR) is 115 cm³/mol. The number of hydrogen-bond acceptors (Lipinski definition) is 8. The van der Waals surface area contributed by atoms with Crippen molar-refractivity contribution in [3.63, 3.8) is 0 Å². The molecule has 170 valence electrons. The van der Waals surface area contributed by atoms with Crippen LogP contribution in [0, 0.1) is 0 Å². The zero-order chi connectivity index (χ0) is 23.2. The minimum absolute atomic E-state index is 0.0245. The van der Waals surface area contributed by atoms with E-state index < -0.39 is 6.61 Å². The summed E-state index contributed by atoms with van der Waals surface area (Å²) in [7, 11) is 3.09. The van der Waals surface area contributed by atoms with Crippen molar-refractivity contribution in [3.8, 4) is 23.1 Å². The van der Waals surface area contributed by atoms with Gasteiger partial charge in [0.1, 0.15) is 18.1 Å². The fraction of sp³-hybridized carbons (Fsp3) is 0.217. The lowest BCUT2D eigenvalue weighted by molar-refractivity contribution is -0.0520. The van der Waals surface area contributed by atoms with Gasteiger partial charge < -0.3 is 18.9 Å². The van der Waals surface area contributed by atoms with Crippen molar-refractivity contribution in [2.75, 3.05) is 14.2 Å². The minimum atomic E-state index is -3.03. The maximum atomic E-state index is 13.0. The second kappa shape index (κ2) is 10.0. The highest BCUT2D eigenvalue weighted by Gasteiger charge is 2.15. The molecule has 4 heterocycles. The van der Waals surface area contributed by atoms with Crippen LogP contribution in [0.25, 0.3) is 11.0 Å². The molecular weight excluding hydrogens is 434 g/mol. The number of fused-ring (bicyclic) bond motifs is 1. The lowest BCUT2D eigenvalue weighted by atomic mass is 10.1. The average Bonchev–Trinajstić information content (AvgIpc) is 2.83. The predicted octanol–water partition coefficient (Wildman–Crippen LogP) is 4.21. The number of methoxy groups -OCH3 is 2. The van der Waals surface area contributed by atoms with E-state index in [1.807, 2.05) is 6.07 Å². The van der Waals surface area contributed by atoms with Gasteiger partial charge in [-0.05, 0) is 35.4 Å². The quantitative estimate of drug-likeness (QED) is 0.372. The second-order valence-corrected chi connectivity index (χ2v) is 6.89. The summed E-state index contributed by atoms with van der Waals surface area (Å²) in [6, 6.07) is 8.50. The Balaban J connectivity index is 1.56. The van der Waals surface area contributed by atoms with Gasteiger partial charge in [0.05, 0.1) is 43.3 Å². The van der Waals surface area contributed by atoms with E-state index in [1.54, 1.807) is 43.9 Å². The number of pyridine rings is 4. The summed E-state index contributed by atoms with van der Waals surface area (Å²) in [6.07, 6.45) is 6.72. The zero-order valence-electron chi connectivity index (χ0n) is 17.9. The SMILES string of the molecule is COc1ccc(COc2ncc(Cc3ccnc4cc(OC)cnc34)cc2OC(F)F)nc1. The van der Waals surface area contributed by atoms with Crippen molar-refractivity contribution in [1.82, 2.24) is 19.9 Å². The van der Waals surface area contributed by atoms with Crippen molar-refractivity contribution < 1.29 is 27.7 Å². The number of nitrogens with zero attached hydrogens (tertiary/aromatic N) is 4. The molecule has 0 aliphatic rings. The van der Waals surface area contributed by atoms with Crippen LogP contribution in [0.1, 0.15) is 16.8 Å². The molecule has 0 N–H and O–H groups in total. The summed E-state index contributed by atoms with van der Waals surface area (Å²) in [5.41, 5.74) is 3.42. The largest absolute Gasteiger partial charge is 0.495 e. The highest BCUT2D eigenvalue weighted by molar-refractivity contribution is 5.79. The molecule has 0 amide bonds. The first-order valence-electron chi connectivity index (χ1n) is 9.89. The molecule has 0 saturated heterocycles. The molecule has 8 nitrogen and oxygen atoms in total. The van der Waals surface area contributed by atoms with Gasteiger partial charge >= 0.3 is 6.61 Å². The lowest BCUT2D eigenvalue weighted by Gasteiger charge is -2.13. The van der Waals surface area contributed by atoms with Crippen LogP contribution in [-0.4, -0.2) is 40.8 Å². The fourth-order valence-corrected chi connectivity index (χ4v) is 3.16. The van der Waals surface area contributed by atoms with E-state index in [-0.39, 0.29) is 18.2 Å². The van der Waals surface area contributed by atoms with Gasteiger partial charge in [0.2, 0.25) is 0 Å².